The van der Waals surface area contributed by atoms with Crippen LogP contribution in [0.5, 0.6) is 5.75 Å². The van der Waals surface area contributed by atoms with Crippen molar-refractivity contribution in [3.63, 3.8) is 0 Å². The molecule has 0 fully saturated rings. The van der Waals surface area contributed by atoms with Gasteiger partial charge in [0.1, 0.15) is 5.75 Å². The van der Waals surface area contributed by atoms with Gasteiger partial charge in [0.25, 0.3) is 0 Å². The molecule has 0 radical (unpaired) electrons. The van der Waals surface area contributed by atoms with Crippen LogP contribution in [0.25, 0.3) is 10.9 Å². The third kappa shape index (κ3) is 4.43. The van der Waals surface area contributed by atoms with E-state index in [0.29, 0.717) is 5.92 Å². The number of para-hydroxylation sites is 1. The number of pyridine rings is 1. The van der Waals surface area contributed by atoms with Gasteiger partial charge in [-0.2, -0.15) is 5.10 Å². The number of nitrogens with zero attached hydrogens (tertiary/aromatic N) is 2. The minimum Gasteiger partial charge on any atom is -0.497 e. The lowest BCUT2D eigenvalue weighted by Gasteiger charge is -2.23. The number of benzene rings is 2. The number of carbonyl (C=O) groups excluding carboxylic acids is 1. The molecule has 0 spiro atoms. The molecule has 1 atom stereocenters. The Morgan fingerprint density at radius 3 is 2.97 bits per heavy atom. The highest BCUT2D eigenvalue weighted by Crippen LogP contribution is 2.29. The molecule has 0 saturated carbocycles. The zero-order valence-corrected chi connectivity index (χ0v) is 17.3. The van der Waals surface area contributed by atoms with Crippen molar-refractivity contribution < 1.29 is 9.53 Å². The number of thioether (sulfide) groups is 1. The molecule has 2 aromatic carbocycles. The van der Waals surface area contributed by atoms with Gasteiger partial charge in [-0.15, -0.1) is 11.8 Å². The lowest BCUT2D eigenvalue weighted by Crippen LogP contribution is -2.25. The van der Waals surface area contributed by atoms with E-state index in [0.717, 1.165) is 45.7 Å². The molecule has 0 saturated heterocycles. The van der Waals surface area contributed by atoms with Gasteiger partial charge in [-0.05, 0) is 54.7 Å². The summed E-state index contributed by atoms with van der Waals surface area (Å²) in [5.41, 5.74) is 6.89. The fourth-order valence-electron chi connectivity index (χ4n) is 3.64. The van der Waals surface area contributed by atoms with Crippen LogP contribution in [0.15, 0.2) is 64.7 Å². The summed E-state index contributed by atoms with van der Waals surface area (Å²) >= 11 is 1.48. The van der Waals surface area contributed by atoms with Crippen molar-refractivity contribution in [2.45, 2.75) is 24.7 Å². The molecule has 3 aromatic rings. The number of aromatic nitrogens is 1. The van der Waals surface area contributed by atoms with Crippen LogP contribution in [-0.4, -0.2) is 29.5 Å². The van der Waals surface area contributed by atoms with Crippen LogP contribution >= 0.6 is 11.8 Å². The highest BCUT2D eigenvalue weighted by atomic mass is 32.2. The zero-order valence-electron chi connectivity index (χ0n) is 16.5. The highest BCUT2D eigenvalue weighted by molar-refractivity contribution is 8.00. The van der Waals surface area contributed by atoms with Gasteiger partial charge in [-0.1, -0.05) is 25.1 Å². The maximum atomic E-state index is 12.4. The molecule has 1 aliphatic rings. The van der Waals surface area contributed by atoms with E-state index >= 15 is 0 Å². The number of fused-ring (bicyclic) bond motifs is 2. The highest BCUT2D eigenvalue weighted by Gasteiger charge is 2.21. The van der Waals surface area contributed by atoms with Gasteiger partial charge < -0.3 is 4.74 Å². The number of nitrogens with one attached hydrogen (secondary N) is 1. The second kappa shape index (κ2) is 8.66. The van der Waals surface area contributed by atoms with Gasteiger partial charge in [0.15, 0.2) is 0 Å². The molecule has 1 aliphatic carbocycles. The van der Waals surface area contributed by atoms with Crippen molar-refractivity contribution >= 4 is 34.3 Å². The molecule has 0 aliphatic heterocycles. The summed E-state index contributed by atoms with van der Waals surface area (Å²) in [6, 6.07) is 16.0. The maximum absolute atomic E-state index is 12.4. The van der Waals surface area contributed by atoms with Gasteiger partial charge in [-0.3, -0.25) is 9.78 Å². The minimum atomic E-state index is -0.122. The van der Waals surface area contributed by atoms with E-state index in [1.165, 1.54) is 17.3 Å². The molecule has 1 heterocycles. The fraction of sp³-hybridized carbons (Fsp3) is 0.261. The Balaban J connectivity index is 1.45. The van der Waals surface area contributed by atoms with Gasteiger partial charge in [0, 0.05) is 22.0 Å². The molecule has 5 nitrogen and oxygen atoms in total. The van der Waals surface area contributed by atoms with Gasteiger partial charge >= 0.3 is 0 Å². The van der Waals surface area contributed by atoms with Gasteiger partial charge in [0.2, 0.25) is 5.91 Å². The molecule has 1 amide bonds. The number of hydrazone groups is 1. The monoisotopic (exact) mass is 405 g/mol. The smallest absolute Gasteiger partial charge is 0.250 e. The van der Waals surface area contributed by atoms with Crippen molar-refractivity contribution in [2.75, 3.05) is 12.9 Å². The Kier molecular flexibility index (Phi) is 5.81. The van der Waals surface area contributed by atoms with Crippen LogP contribution in [0.4, 0.5) is 0 Å². The first-order chi connectivity index (χ1) is 14.1. The zero-order chi connectivity index (χ0) is 20.2. The lowest BCUT2D eigenvalue weighted by atomic mass is 9.83. The van der Waals surface area contributed by atoms with Crippen LogP contribution in [0.2, 0.25) is 0 Å². The van der Waals surface area contributed by atoms with Crippen molar-refractivity contribution in [1.29, 1.82) is 0 Å². The van der Waals surface area contributed by atoms with Crippen molar-refractivity contribution in [1.82, 2.24) is 10.4 Å². The first-order valence-corrected chi connectivity index (χ1v) is 10.6. The number of amides is 1. The molecule has 0 bridgehead atoms. The first kappa shape index (κ1) is 19.5. The third-order valence-electron chi connectivity index (χ3n) is 5.00. The second-order valence-electron chi connectivity index (χ2n) is 7.25. The van der Waals surface area contributed by atoms with Crippen molar-refractivity contribution in [2.24, 2.45) is 11.0 Å². The van der Waals surface area contributed by atoms with Crippen molar-refractivity contribution in [3.05, 3.63) is 65.9 Å². The molecule has 1 N–H and O–H groups in total. The molecule has 148 valence electrons. The minimum absolute atomic E-state index is 0.122. The van der Waals surface area contributed by atoms with Crippen LogP contribution in [0.1, 0.15) is 24.5 Å². The molecule has 1 unspecified atom stereocenters. The Morgan fingerprint density at radius 1 is 1.24 bits per heavy atom. The van der Waals surface area contributed by atoms with E-state index in [1.807, 2.05) is 42.5 Å². The summed E-state index contributed by atoms with van der Waals surface area (Å²) in [6.07, 6.45) is 3.61. The summed E-state index contributed by atoms with van der Waals surface area (Å²) in [7, 11) is 1.67. The van der Waals surface area contributed by atoms with Gasteiger partial charge in [-0.25, -0.2) is 5.43 Å². The van der Waals surface area contributed by atoms with Crippen molar-refractivity contribution in [3.8, 4) is 5.75 Å². The Bertz CT molecular complexity index is 1080. The average molecular weight is 406 g/mol. The number of hydrogen-bond acceptors (Lipinski definition) is 5. The number of methoxy groups -OCH3 is 1. The summed E-state index contributed by atoms with van der Waals surface area (Å²) in [5, 5.41) is 5.52. The number of hydrogen-bond donors (Lipinski definition) is 1. The van der Waals surface area contributed by atoms with E-state index in [9.17, 15) is 4.79 Å². The maximum Gasteiger partial charge on any atom is 0.250 e. The second-order valence-corrected chi connectivity index (χ2v) is 8.27. The molecular weight excluding hydrogens is 382 g/mol. The molecule has 6 heteroatoms. The van der Waals surface area contributed by atoms with Crippen LogP contribution in [-0.2, 0) is 11.2 Å². The largest absolute Gasteiger partial charge is 0.497 e. The normalized spacial score (nSPS) is 17.2. The standard InChI is InChI=1S/C23H23N3O2S/c1-15-11-17-13-18(28-2)8-9-19(17)20(12-15)25-26-22(27)14-29-21-7-3-5-16-6-4-10-24-23(16)21/h3-10,13,15H,11-12,14H2,1-2H3,(H,26,27)/b25-20+. The van der Waals surface area contributed by atoms with E-state index in [1.54, 1.807) is 13.3 Å². The first-order valence-electron chi connectivity index (χ1n) is 9.63. The molecule has 29 heavy (non-hydrogen) atoms. The Morgan fingerprint density at radius 2 is 2.10 bits per heavy atom. The third-order valence-corrected chi connectivity index (χ3v) is 6.05. The van der Waals surface area contributed by atoms with Crippen LogP contribution in [0, 0.1) is 5.92 Å². The predicted molar refractivity (Wildman–Crippen MR) is 118 cm³/mol. The van der Waals surface area contributed by atoms with Gasteiger partial charge in [0.05, 0.1) is 24.1 Å². The summed E-state index contributed by atoms with van der Waals surface area (Å²) < 4.78 is 5.34. The summed E-state index contributed by atoms with van der Waals surface area (Å²) in [5.74, 6) is 1.49. The Hall–Kier alpha value is -2.86. The summed E-state index contributed by atoms with van der Waals surface area (Å²) in [6.45, 7) is 2.20. The number of ether oxygens (including phenoxy) is 1. The number of carbonyl (C=O) groups is 1. The van der Waals surface area contributed by atoms with Crippen LogP contribution in [0.3, 0.4) is 0 Å². The number of rotatable bonds is 5. The lowest BCUT2D eigenvalue weighted by molar-refractivity contribution is -0.118. The fourth-order valence-corrected chi connectivity index (χ4v) is 4.47. The molecule has 1 aromatic heterocycles. The van der Waals surface area contributed by atoms with Crippen LogP contribution < -0.4 is 10.2 Å². The van der Waals surface area contributed by atoms with E-state index in [2.05, 4.69) is 28.5 Å². The average Bonchev–Trinajstić information content (AvgIpc) is 2.75. The van der Waals surface area contributed by atoms with E-state index in [-0.39, 0.29) is 11.7 Å². The summed E-state index contributed by atoms with van der Waals surface area (Å²) in [4.78, 5) is 17.8. The Labute approximate surface area is 174 Å². The molecular formula is C23H23N3O2S. The predicted octanol–water partition coefficient (Wildman–Crippen LogP) is 4.44. The topological polar surface area (TPSA) is 63.6 Å². The quantitative estimate of drug-likeness (QED) is 0.504. The van der Waals surface area contributed by atoms with E-state index < -0.39 is 0 Å². The van der Waals surface area contributed by atoms with E-state index in [4.69, 9.17) is 4.74 Å². The SMILES string of the molecule is COc1ccc2c(c1)CC(C)C/C2=N\NC(=O)CSc1cccc2cccnc12. The molecule has 4 rings (SSSR count).